The molecule has 0 bridgehead atoms. The van der Waals surface area contributed by atoms with Crippen molar-refractivity contribution in [2.75, 3.05) is 0 Å². The van der Waals surface area contributed by atoms with E-state index in [0.29, 0.717) is 6.42 Å². The van der Waals surface area contributed by atoms with E-state index in [9.17, 15) is 4.79 Å². The molecule has 2 heteroatoms. The zero-order valence-corrected chi connectivity index (χ0v) is 11.6. The van der Waals surface area contributed by atoms with E-state index in [1.54, 1.807) is 12.4 Å². The number of aromatic nitrogens is 1. The Labute approximate surface area is 124 Å². The lowest BCUT2D eigenvalue weighted by atomic mass is 10.00. The summed E-state index contributed by atoms with van der Waals surface area (Å²) >= 11 is 0. The van der Waals surface area contributed by atoms with Crippen LogP contribution in [0.1, 0.15) is 15.9 Å². The lowest BCUT2D eigenvalue weighted by Gasteiger charge is -2.04. The van der Waals surface area contributed by atoms with E-state index in [1.807, 2.05) is 54.6 Å². The molecule has 21 heavy (non-hydrogen) atoms. The van der Waals surface area contributed by atoms with Crippen LogP contribution in [0, 0.1) is 0 Å². The predicted molar refractivity (Wildman–Crippen MR) is 84.1 cm³/mol. The van der Waals surface area contributed by atoms with E-state index in [2.05, 4.69) is 17.1 Å². The summed E-state index contributed by atoms with van der Waals surface area (Å²) in [6, 6.07) is 21.7. The number of rotatable bonds is 4. The average Bonchev–Trinajstić information content (AvgIpc) is 2.57. The topological polar surface area (TPSA) is 30.0 Å². The van der Waals surface area contributed by atoms with Crippen molar-refractivity contribution in [3.63, 3.8) is 0 Å². The maximum absolute atomic E-state index is 12.2. The van der Waals surface area contributed by atoms with Gasteiger partial charge in [0.1, 0.15) is 0 Å². The molecule has 2 nitrogen and oxygen atoms in total. The van der Waals surface area contributed by atoms with Crippen LogP contribution in [0.5, 0.6) is 0 Å². The minimum Gasteiger partial charge on any atom is -0.294 e. The highest BCUT2D eigenvalue weighted by atomic mass is 16.1. The van der Waals surface area contributed by atoms with Gasteiger partial charge in [0.15, 0.2) is 5.78 Å². The molecule has 0 aliphatic carbocycles. The third-order valence-electron chi connectivity index (χ3n) is 3.40. The molecule has 0 aliphatic heterocycles. The van der Waals surface area contributed by atoms with Crippen LogP contribution in [0.3, 0.4) is 0 Å². The van der Waals surface area contributed by atoms with Crippen molar-refractivity contribution in [2.45, 2.75) is 6.42 Å². The zero-order chi connectivity index (χ0) is 14.5. The molecule has 3 aromatic rings. The summed E-state index contributed by atoms with van der Waals surface area (Å²) in [5.74, 6) is 0.114. The standard InChI is InChI=1S/C19H15NO/c21-19(13-15-5-4-12-20-14-15)18-10-8-17(9-11-18)16-6-2-1-3-7-16/h1-12,14H,13H2. The molecule has 1 heterocycles. The second-order valence-corrected chi connectivity index (χ2v) is 4.90. The number of pyridine rings is 1. The highest BCUT2D eigenvalue weighted by Crippen LogP contribution is 2.19. The summed E-state index contributed by atoms with van der Waals surface area (Å²) < 4.78 is 0. The van der Waals surface area contributed by atoms with Crippen molar-refractivity contribution < 1.29 is 4.79 Å². The summed E-state index contributed by atoms with van der Waals surface area (Å²) in [7, 11) is 0. The number of benzene rings is 2. The van der Waals surface area contributed by atoms with Crippen LogP contribution in [0.2, 0.25) is 0 Å². The second-order valence-electron chi connectivity index (χ2n) is 4.90. The molecule has 0 radical (unpaired) electrons. The van der Waals surface area contributed by atoms with Gasteiger partial charge in [0, 0.05) is 24.4 Å². The van der Waals surface area contributed by atoms with Gasteiger partial charge in [0.05, 0.1) is 0 Å². The fourth-order valence-corrected chi connectivity index (χ4v) is 2.27. The second kappa shape index (κ2) is 6.14. The molecule has 0 unspecified atom stereocenters. The molecular weight excluding hydrogens is 258 g/mol. The maximum atomic E-state index is 12.2. The Morgan fingerprint density at radius 2 is 1.52 bits per heavy atom. The first kappa shape index (κ1) is 13.3. The van der Waals surface area contributed by atoms with Gasteiger partial charge in [-0.3, -0.25) is 9.78 Å². The van der Waals surface area contributed by atoms with Crippen molar-refractivity contribution in [2.24, 2.45) is 0 Å². The Morgan fingerprint density at radius 3 is 2.19 bits per heavy atom. The first-order chi connectivity index (χ1) is 10.3. The number of carbonyl (C=O) groups excluding carboxylic acids is 1. The largest absolute Gasteiger partial charge is 0.294 e. The van der Waals surface area contributed by atoms with Crippen LogP contribution in [0.25, 0.3) is 11.1 Å². The molecule has 0 amide bonds. The molecule has 0 spiro atoms. The van der Waals surface area contributed by atoms with Gasteiger partial charge in [-0.25, -0.2) is 0 Å². The summed E-state index contributed by atoms with van der Waals surface area (Å²) in [6.45, 7) is 0. The Balaban J connectivity index is 1.77. The Hall–Kier alpha value is -2.74. The molecule has 0 aliphatic rings. The van der Waals surface area contributed by atoms with Crippen LogP contribution in [-0.4, -0.2) is 10.8 Å². The molecule has 0 atom stereocenters. The molecule has 0 fully saturated rings. The summed E-state index contributed by atoms with van der Waals surface area (Å²) in [5.41, 5.74) is 3.95. The normalized spacial score (nSPS) is 10.3. The van der Waals surface area contributed by atoms with Crippen LogP contribution >= 0.6 is 0 Å². The van der Waals surface area contributed by atoms with Gasteiger partial charge in [-0.15, -0.1) is 0 Å². The van der Waals surface area contributed by atoms with Crippen molar-refractivity contribution in [1.29, 1.82) is 0 Å². The summed E-state index contributed by atoms with van der Waals surface area (Å²) in [6.07, 6.45) is 3.83. The number of nitrogens with zero attached hydrogens (tertiary/aromatic N) is 1. The van der Waals surface area contributed by atoms with Crippen LogP contribution < -0.4 is 0 Å². The van der Waals surface area contributed by atoms with Crippen molar-refractivity contribution >= 4 is 5.78 Å². The van der Waals surface area contributed by atoms with Gasteiger partial charge in [0.2, 0.25) is 0 Å². The SMILES string of the molecule is O=C(Cc1cccnc1)c1ccc(-c2ccccc2)cc1. The van der Waals surface area contributed by atoms with Crippen LogP contribution in [0.4, 0.5) is 0 Å². The van der Waals surface area contributed by atoms with Crippen molar-refractivity contribution in [1.82, 2.24) is 4.98 Å². The Kier molecular flexibility index (Phi) is 3.88. The molecule has 0 saturated heterocycles. The lowest BCUT2D eigenvalue weighted by Crippen LogP contribution is -2.03. The molecule has 0 N–H and O–H groups in total. The third-order valence-corrected chi connectivity index (χ3v) is 3.40. The van der Waals surface area contributed by atoms with Gasteiger partial charge in [-0.2, -0.15) is 0 Å². The average molecular weight is 273 g/mol. The Morgan fingerprint density at radius 1 is 0.810 bits per heavy atom. The zero-order valence-electron chi connectivity index (χ0n) is 11.6. The highest BCUT2D eigenvalue weighted by molar-refractivity contribution is 5.97. The lowest BCUT2D eigenvalue weighted by molar-refractivity contribution is 0.0993. The minimum absolute atomic E-state index is 0.114. The summed E-state index contributed by atoms with van der Waals surface area (Å²) in [4.78, 5) is 16.3. The van der Waals surface area contributed by atoms with Crippen molar-refractivity contribution in [3.8, 4) is 11.1 Å². The molecule has 102 valence electrons. The number of hydrogen-bond donors (Lipinski definition) is 0. The first-order valence-electron chi connectivity index (χ1n) is 6.90. The van der Waals surface area contributed by atoms with E-state index in [-0.39, 0.29) is 5.78 Å². The van der Waals surface area contributed by atoms with E-state index in [1.165, 1.54) is 0 Å². The fourth-order valence-electron chi connectivity index (χ4n) is 2.27. The minimum atomic E-state index is 0.114. The molecule has 1 aromatic heterocycles. The van der Waals surface area contributed by atoms with E-state index >= 15 is 0 Å². The number of carbonyl (C=O) groups is 1. The smallest absolute Gasteiger partial charge is 0.167 e. The Bertz CT molecular complexity index is 719. The van der Waals surface area contributed by atoms with Gasteiger partial charge < -0.3 is 0 Å². The van der Waals surface area contributed by atoms with Gasteiger partial charge in [0.25, 0.3) is 0 Å². The van der Waals surface area contributed by atoms with E-state index < -0.39 is 0 Å². The maximum Gasteiger partial charge on any atom is 0.167 e. The van der Waals surface area contributed by atoms with Gasteiger partial charge in [-0.05, 0) is 22.8 Å². The quantitative estimate of drug-likeness (QED) is 0.668. The van der Waals surface area contributed by atoms with Gasteiger partial charge in [-0.1, -0.05) is 60.7 Å². The van der Waals surface area contributed by atoms with E-state index in [4.69, 9.17) is 0 Å². The predicted octanol–water partition coefficient (Wildman–Crippen LogP) is 4.17. The van der Waals surface area contributed by atoms with Gasteiger partial charge >= 0.3 is 0 Å². The number of hydrogen-bond acceptors (Lipinski definition) is 2. The van der Waals surface area contributed by atoms with Crippen LogP contribution in [-0.2, 0) is 6.42 Å². The number of ketones is 1. The molecule has 3 rings (SSSR count). The van der Waals surface area contributed by atoms with Crippen molar-refractivity contribution in [3.05, 3.63) is 90.3 Å². The summed E-state index contributed by atoms with van der Waals surface area (Å²) in [5, 5.41) is 0. The molecule has 2 aromatic carbocycles. The van der Waals surface area contributed by atoms with E-state index in [0.717, 1.165) is 22.3 Å². The number of Topliss-reactive ketones (excluding diaryl/α,β-unsaturated/α-hetero) is 1. The first-order valence-corrected chi connectivity index (χ1v) is 6.90. The van der Waals surface area contributed by atoms with Crippen LogP contribution in [0.15, 0.2) is 79.1 Å². The molecule has 0 saturated carbocycles. The highest BCUT2D eigenvalue weighted by Gasteiger charge is 2.07. The third kappa shape index (κ3) is 3.23. The molecular formula is C19H15NO. The monoisotopic (exact) mass is 273 g/mol. The fraction of sp³-hybridized carbons (Fsp3) is 0.0526.